The van der Waals surface area contributed by atoms with Crippen molar-refractivity contribution < 1.29 is 4.79 Å². The van der Waals surface area contributed by atoms with Gasteiger partial charge in [0, 0.05) is 18.5 Å². The molecule has 0 saturated carbocycles. The number of nitrogen functional groups attached to an aromatic ring is 1. The maximum Gasteiger partial charge on any atom is 0.330 e. The number of carbonyl (C=O) groups is 1. The molecule has 1 aromatic carbocycles. The fourth-order valence-electron chi connectivity index (χ4n) is 4.06. The molecule has 0 fully saturated rings. The van der Waals surface area contributed by atoms with E-state index in [4.69, 9.17) is 10.7 Å². The van der Waals surface area contributed by atoms with E-state index in [0.29, 0.717) is 35.1 Å². The zero-order chi connectivity index (χ0) is 25.1. The standard InChI is InChI=1S/C26H29N5O3S/c1-4-5-12-30(22-23(27)31(15-16(2)3)26(34)29-24(22)32)25(33)18-14-20(21-11-8-13-35-21)28-19-10-7-6-9-17(18)19/h6-11,13-14,16H,4-5,12,15,27H2,1-3H3,(H,29,32,34). The molecule has 3 heterocycles. The number of aromatic amines is 1. The molecule has 0 aliphatic heterocycles. The molecule has 35 heavy (non-hydrogen) atoms. The van der Waals surface area contributed by atoms with E-state index in [1.807, 2.05) is 62.5 Å². The van der Waals surface area contributed by atoms with Crippen LogP contribution >= 0.6 is 11.3 Å². The molecule has 0 aliphatic carbocycles. The number of anilines is 2. The lowest BCUT2D eigenvalue weighted by atomic mass is 10.0. The number of nitrogens with two attached hydrogens (primary N) is 1. The van der Waals surface area contributed by atoms with Gasteiger partial charge < -0.3 is 10.6 Å². The number of thiophene rings is 1. The second-order valence-corrected chi connectivity index (χ2v) is 9.81. The number of fused-ring (bicyclic) bond motifs is 1. The molecule has 3 aromatic heterocycles. The molecule has 0 unspecified atom stereocenters. The fourth-order valence-corrected chi connectivity index (χ4v) is 4.75. The zero-order valence-corrected chi connectivity index (χ0v) is 20.9. The first kappa shape index (κ1) is 24.4. The SMILES string of the molecule is CCCCN(C(=O)c1cc(-c2cccs2)nc2ccccc12)c1c(N)n(CC(C)C)c(=O)[nH]c1=O. The predicted molar refractivity (Wildman–Crippen MR) is 142 cm³/mol. The van der Waals surface area contributed by atoms with E-state index in [1.54, 1.807) is 6.07 Å². The third-order valence-electron chi connectivity index (χ3n) is 5.73. The number of aromatic nitrogens is 3. The summed E-state index contributed by atoms with van der Waals surface area (Å²) in [5.74, 6) is -0.249. The summed E-state index contributed by atoms with van der Waals surface area (Å²) in [5, 5.41) is 2.64. The Hall–Kier alpha value is -3.72. The minimum atomic E-state index is -0.672. The van der Waals surface area contributed by atoms with Crippen LogP contribution < -0.4 is 21.9 Å². The van der Waals surface area contributed by atoms with Crippen LogP contribution in [0.15, 0.2) is 57.4 Å². The van der Waals surface area contributed by atoms with Crippen molar-refractivity contribution in [3.05, 3.63) is 74.2 Å². The largest absolute Gasteiger partial charge is 0.383 e. The highest BCUT2D eigenvalue weighted by Crippen LogP contribution is 2.30. The summed E-state index contributed by atoms with van der Waals surface area (Å²) in [7, 11) is 0. The van der Waals surface area contributed by atoms with Gasteiger partial charge in [-0.3, -0.25) is 19.1 Å². The normalized spacial score (nSPS) is 11.3. The Labute approximate surface area is 207 Å². The molecule has 0 radical (unpaired) electrons. The van der Waals surface area contributed by atoms with E-state index < -0.39 is 11.2 Å². The summed E-state index contributed by atoms with van der Waals surface area (Å²) in [5.41, 5.74) is 6.92. The number of unbranched alkanes of at least 4 members (excludes halogenated alkanes) is 1. The highest BCUT2D eigenvalue weighted by atomic mass is 32.1. The molecule has 0 saturated heterocycles. The van der Waals surface area contributed by atoms with Gasteiger partial charge in [-0.1, -0.05) is 51.5 Å². The number of benzene rings is 1. The fraction of sp³-hybridized carbons (Fsp3) is 0.308. The van der Waals surface area contributed by atoms with Gasteiger partial charge in [0.2, 0.25) is 0 Å². The van der Waals surface area contributed by atoms with E-state index in [2.05, 4.69) is 4.98 Å². The van der Waals surface area contributed by atoms with Crippen LogP contribution in [0.3, 0.4) is 0 Å². The smallest absolute Gasteiger partial charge is 0.330 e. The van der Waals surface area contributed by atoms with E-state index in [0.717, 1.165) is 11.3 Å². The van der Waals surface area contributed by atoms with Crippen LogP contribution in [0.5, 0.6) is 0 Å². The molecule has 4 rings (SSSR count). The van der Waals surface area contributed by atoms with Crippen molar-refractivity contribution >= 4 is 39.7 Å². The number of nitrogens with one attached hydrogen (secondary N) is 1. The third-order valence-corrected chi connectivity index (χ3v) is 6.62. The number of pyridine rings is 1. The third kappa shape index (κ3) is 4.90. The van der Waals surface area contributed by atoms with E-state index in [9.17, 15) is 14.4 Å². The van der Waals surface area contributed by atoms with Gasteiger partial charge in [-0.15, -0.1) is 11.3 Å². The summed E-state index contributed by atoms with van der Waals surface area (Å²) in [4.78, 5) is 49.1. The summed E-state index contributed by atoms with van der Waals surface area (Å²) in [6.07, 6.45) is 1.47. The minimum Gasteiger partial charge on any atom is -0.383 e. The molecule has 0 atom stereocenters. The average Bonchev–Trinajstić information content (AvgIpc) is 3.37. The van der Waals surface area contributed by atoms with Gasteiger partial charge in [0.15, 0.2) is 5.69 Å². The van der Waals surface area contributed by atoms with E-state index >= 15 is 0 Å². The number of hydrogen-bond acceptors (Lipinski definition) is 6. The number of hydrogen-bond donors (Lipinski definition) is 2. The van der Waals surface area contributed by atoms with Gasteiger partial charge in [-0.05, 0) is 35.9 Å². The highest BCUT2D eigenvalue weighted by molar-refractivity contribution is 7.13. The van der Waals surface area contributed by atoms with Gasteiger partial charge in [0.05, 0.1) is 21.7 Å². The molecule has 9 heteroatoms. The second kappa shape index (κ2) is 10.3. The number of H-pyrrole nitrogens is 1. The molecular weight excluding hydrogens is 462 g/mol. The van der Waals surface area contributed by atoms with Gasteiger partial charge in [-0.2, -0.15) is 0 Å². The molecule has 1 amide bonds. The van der Waals surface area contributed by atoms with Crippen LogP contribution in [0.2, 0.25) is 0 Å². The zero-order valence-electron chi connectivity index (χ0n) is 20.1. The van der Waals surface area contributed by atoms with Crippen LogP contribution in [0.4, 0.5) is 11.5 Å². The maximum atomic E-state index is 14.1. The van der Waals surface area contributed by atoms with E-state index in [1.165, 1.54) is 20.8 Å². The van der Waals surface area contributed by atoms with Crippen LogP contribution in [0.25, 0.3) is 21.5 Å². The Morgan fingerprint density at radius 1 is 1.20 bits per heavy atom. The first-order valence-electron chi connectivity index (χ1n) is 11.7. The average molecular weight is 492 g/mol. The Kier molecular flexibility index (Phi) is 7.16. The van der Waals surface area contributed by atoms with Gasteiger partial charge in [-0.25, -0.2) is 9.78 Å². The van der Waals surface area contributed by atoms with Crippen molar-refractivity contribution in [2.24, 2.45) is 5.92 Å². The molecule has 8 nitrogen and oxygen atoms in total. The lowest BCUT2D eigenvalue weighted by molar-refractivity contribution is 0.0987. The van der Waals surface area contributed by atoms with Crippen LogP contribution in [-0.2, 0) is 6.54 Å². The van der Waals surface area contributed by atoms with Crippen molar-refractivity contribution in [3.63, 3.8) is 0 Å². The van der Waals surface area contributed by atoms with Crippen molar-refractivity contribution in [1.82, 2.24) is 14.5 Å². The summed E-state index contributed by atoms with van der Waals surface area (Å²) < 4.78 is 1.33. The van der Waals surface area contributed by atoms with Gasteiger partial charge >= 0.3 is 5.69 Å². The van der Waals surface area contributed by atoms with Crippen LogP contribution in [-0.4, -0.2) is 27.0 Å². The lowest BCUT2D eigenvalue weighted by Crippen LogP contribution is -2.42. The minimum absolute atomic E-state index is 0.00210. The molecule has 0 spiro atoms. The molecule has 0 bridgehead atoms. The van der Waals surface area contributed by atoms with Crippen molar-refractivity contribution in [2.75, 3.05) is 17.2 Å². The molecule has 0 aliphatic rings. The highest BCUT2D eigenvalue weighted by Gasteiger charge is 2.27. The Balaban J connectivity index is 1.92. The number of para-hydroxylation sites is 1. The molecule has 182 valence electrons. The number of carbonyl (C=O) groups excluding carboxylic acids is 1. The van der Waals surface area contributed by atoms with Gasteiger partial charge in [0.1, 0.15) is 5.82 Å². The molecule has 4 aromatic rings. The first-order valence-corrected chi connectivity index (χ1v) is 12.6. The number of amides is 1. The number of rotatable bonds is 8. The van der Waals surface area contributed by atoms with Crippen molar-refractivity contribution in [3.8, 4) is 10.6 Å². The Morgan fingerprint density at radius 2 is 1.97 bits per heavy atom. The topological polar surface area (TPSA) is 114 Å². The Bertz CT molecular complexity index is 1470. The number of nitrogens with zero attached hydrogens (tertiary/aromatic N) is 3. The van der Waals surface area contributed by atoms with Crippen molar-refractivity contribution in [2.45, 2.75) is 40.2 Å². The maximum absolute atomic E-state index is 14.1. The molecular formula is C26H29N5O3S. The second-order valence-electron chi connectivity index (χ2n) is 8.86. The Morgan fingerprint density at radius 3 is 2.66 bits per heavy atom. The monoisotopic (exact) mass is 491 g/mol. The van der Waals surface area contributed by atoms with Crippen LogP contribution in [0.1, 0.15) is 44.0 Å². The quantitative estimate of drug-likeness (QED) is 0.377. The molecule has 3 N–H and O–H groups in total. The lowest BCUT2D eigenvalue weighted by Gasteiger charge is -2.25. The predicted octanol–water partition coefficient (Wildman–Crippen LogP) is 4.50. The van der Waals surface area contributed by atoms with Crippen molar-refractivity contribution in [1.29, 1.82) is 0 Å². The van der Waals surface area contributed by atoms with E-state index in [-0.39, 0.29) is 29.9 Å². The van der Waals surface area contributed by atoms with Crippen LogP contribution in [0, 0.1) is 5.92 Å². The van der Waals surface area contributed by atoms with Gasteiger partial charge in [0.25, 0.3) is 11.5 Å². The summed E-state index contributed by atoms with van der Waals surface area (Å²) >= 11 is 1.54. The summed E-state index contributed by atoms with van der Waals surface area (Å²) in [6.45, 7) is 6.52. The summed E-state index contributed by atoms with van der Waals surface area (Å²) in [6, 6.07) is 13.1. The first-order chi connectivity index (χ1) is 16.8.